The van der Waals surface area contributed by atoms with Gasteiger partial charge in [-0.25, -0.2) is 0 Å². The summed E-state index contributed by atoms with van der Waals surface area (Å²) >= 11 is 0. The van der Waals surface area contributed by atoms with E-state index >= 15 is 0 Å². The van der Waals surface area contributed by atoms with Crippen LogP contribution in [0.4, 0.5) is 0 Å². The van der Waals surface area contributed by atoms with Gasteiger partial charge in [0.05, 0.1) is 6.04 Å². The fourth-order valence-electron chi connectivity index (χ4n) is 0.883. The first kappa shape index (κ1) is 9.19. The van der Waals surface area contributed by atoms with Gasteiger partial charge in [-0.1, -0.05) is 18.5 Å². The van der Waals surface area contributed by atoms with Crippen molar-refractivity contribution in [2.75, 3.05) is 0 Å². The highest BCUT2D eigenvalue weighted by Crippen LogP contribution is 2.07. The molecule has 0 spiro atoms. The van der Waals surface area contributed by atoms with Crippen molar-refractivity contribution in [1.82, 2.24) is 10.1 Å². The lowest BCUT2D eigenvalue weighted by molar-refractivity contribution is 0.368. The zero-order chi connectivity index (χ0) is 8.97. The zero-order valence-electron chi connectivity index (χ0n) is 7.58. The van der Waals surface area contributed by atoms with Crippen molar-refractivity contribution in [1.29, 1.82) is 0 Å². The molecule has 12 heavy (non-hydrogen) atoms. The van der Waals surface area contributed by atoms with Crippen LogP contribution in [0.25, 0.3) is 0 Å². The summed E-state index contributed by atoms with van der Waals surface area (Å²) in [5, 5.41) is 3.76. The molecule has 0 radical (unpaired) electrons. The number of unbranched alkanes of at least 4 members (excludes halogenated alkanes) is 1. The van der Waals surface area contributed by atoms with Gasteiger partial charge in [-0.05, 0) is 13.3 Å². The van der Waals surface area contributed by atoms with E-state index in [-0.39, 0.29) is 6.04 Å². The zero-order valence-corrected chi connectivity index (χ0v) is 7.58. The van der Waals surface area contributed by atoms with Gasteiger partial charge in [0.25, 0.3) is 0 Å². The number of hydrogen-bond donors (Lipinski definition) is 1. The summed E-state index contributed by atoms with van der Waals surface area (Å²) in [6, 6.07) is -0.135. The molecular formula is C8H15N3O. The molecule has 0 saturated carbocycles. The van der Waals surface area contributed by atoms with Gasteiger partial charge in [0, 0.05) is 6.42 Å². The number of aromatic nitrogens is 2. The summed E-state index contributed by atoms with van der Waals surface area (Å²) in [4.78, 5) is 4.14. The van der Waals surface area contributed by atoms with Crippen LogP contribution in [0.2, 0.25) is 0 Å². The maximum atomic E-state index is 5.57. The van der Waals surface area contributed by atoms with Crippen LogP contribution in [-0.2, 0) is 6.42 Å². The average molecular weight is 169 g/mol. The number of hydrogen-bond acceptors (Lipinski definition) is 4. The van der Waals surface area contributed by atoms with Gasteiger partial charge in [-0.2, -0.15) is 4.98 Å². The lowest BCUT2D eigenvalue weighted by Crippen LogP contribution is -2.06. The van der Waals surface area contributed by atoms with Crippen LogP contribution in [-0.4, -0.2) is 10.1 Å². The summed E-state index contributed by atoms with van der Waals surface area (Å²) in [6.07, 6.45) is 3.08. The van der Waals surface area contributed by atoms with Crippen molar-refractivity contribution < 1.29 is 4.52 Å². The van der Waals surface area contributed by atoms with Gasteiger partial charge < -0.3 is 10.3 Å². The molecule has 0 aromatic carbocycles. The minimum Gasteiger partial charge on any atom is -0.339 e. The molecule has 0 aliphatic carbocycles. The molecule has 0 aliphatic heterocycles. The maximum absolute atomic E-state index is 5.57. The highest BCUT2D eigenvalue weighted by molar-refractivity contribution is 4.90. The quantitative estimate of drug-likeness (QED) is 0.740. The van der Waals surface area contributed by atoms with Crippen LogP contribution in [0.1, 0.15) is 44.4 Å². The van der Waals surface area contributed by atoms with Gasteiger partial charge in [-0.3, -0.25) is 0 Å². The Labute approximate surface area is 72.1 Å². The van der Waals surface area contributed by atoms with E-state index in [0.29, 0.717) is 11.7 Å². The smallest absolute Gasteiger partial charge is 0.226 e. The number of nitrogens with zero attached hydrogens (tertiary/aromatic N) is 2. The third-order valence-electron chi connectivity index (χ3n) is 1.64. The summed E-state index contributed by atoms with van der Waals surface area (Å²) in [7, 11) is 0. The van der Waals surface area contributed by atoms with Crippen molar-refractivity contribution in [2.45, 2.75) is 39.2 Å². The number of nitrogens with two attached hydrogens (primary N) is 1. The van der Waals surface area contributed by atoms with Gasteiger partial charge in [-0.15, -0.1) is 0 Å². The van der Waals surface area contributed by atoms with Crippen molar-refractivity contribution in [3.05, 3.63) is 11.7 Å². The molecule has 1 unspecified atom stereocenters. The molecule has 2 N–H and O–H groups in total. The topological polar surface area (TPSA) is 64.9 Å². The second-order valence-corrected chi connectivity index (χ2v) is 2.94. The Morgan fingerprint density at radius 3 is 2.83 bits per heavy atom. The molecule has 0 amide bonds. The Bertz CT molecular complexity index is 232. The highest BCUT2D eigenvalue weighted by atomic mass is 16.5. The summed E-state index contributed by atoms with van der Waals surface area (Å²) in [5.74, 6) is 1.30. The lowest BCUT2D eigenvalue weighted by Gasteiger charge is -1.93. The van der Waals surface area contributed by atoms with E-state index in [1.807, 2.05) is 6.92 Å². The van der Waals surface area contributed by atoms with E-state index in [0.717, 1.165) is 19.3 Å². The van der Waals surface area contributed by atoms with Crippen molar-refractivity contribution in [2.24, 2.45) is 5.73 Å². The first-order valence-corrected chi connectivity index (χ1v) is 4.32. The summed E-state index contributed by atoms with van der Waals surface area (Å²) < 4.78 is 4.99. The van der Waals surface area contributed by atoms with Gasteiger partial charge in [0.2, 0.25) is 5.89 Å². The molecule has 0 saturated heterocycles. The number of aryl methyl sites for hydroxylation is 1. The molecular weight excluding hydrogens is 154 g/mol. The Hall–Kier alpha value is -0.900. The van der Waals surface area contributed by atoms with Crippen LogP contribution in [0, 0.1) is 0 Å². The SMILES string of the molecule is CCCCc1nc(C(C)N)no1. The first-order valence-electron chi connectivity index (χ1n) is 4.32. The van der Waals surface area contributed by atoms with Crippen LogP contribution in [0.5, 0.6) is 0 Å². The highest BCUT2D eigenvalue weighted by Gasteiger charge is 2.08. The third kappa shape index (κ3) is 2.30. The van der Waals surface area contributed by atoms with Crippen LogP contribution >= 0.6 is 0 Å². The Morgan fingerprint density at radius 1 is 1.58 bits per heavy atom. The molecule has 1 atom stereocenters. The van der Waals surface area contributed by atoms with E-state index in [1.165, 1.54) is 0 Å². The molecule has 1 aromatic heterocycles. The molecule has 0 bridgehead atoms. The Morgan fingerprint density at radius 2 is 2.33 bits per heavy atom. The third-order valence-corrected chi connectivity index (χ3v) is 1.64. The summed E-state index contributed by atoms with van der Waals surface area (Å²) in [5.41, 5.74) is 5.57. The first-order chi connectivity index (χ1) is 5.74. The fourth-order valence-corrected chi connectivity index (χ4v) is 0.883. The fraction of sp³-hybridized carbons (Fsp3) is 0.750. The van der Waals surface area contributed by atoms with E-state index in [9.17, 15) is 0 Å². The predicted octanol–water partition coefficient (Wildman–Crippen LogP) is 1.43. The summed E-state index contributed by atoms with van der Waals surface area (Å²) in [6.45, 7) is 3.97. The molecule has 4 heteroatoms. The normalized spacial score (nSPS) is 13.2. The minimum absolute atomic E-state index is 0.135. The van der Waals surface area contributed by atoms with Gasteiger partial charge >= 0.3 is 0 Å². The Kier molecular flexibility index (Phi) is 3.22. The number of rotatable bonds is 4. The van der Waals surface area contributed by atoms with E-state index < -0.39 is 0 Å². The second kappa shape index (κ2) is 4.21. The Balaban J connectivity index is 2.52. The molecule has 1 rings (SSSR count). The maximum Gasteiger partial charge on any atom is 0.226 e. The lowest BCUT2D eigenvalue weighted by atomic mass is 10.2. The van der Waals surface area contributed by atoms with Crippen molar-refractivity contribution in [3.63, 3.8) is 0 Å². The van der Waals surface area contributed by atoms with Gasteiger partial charge in [0.1, 0.15) is 0 Å². The molecule has 1 heterocycles. The molecule has 0 fully saturated rings. The van der Waals surface area contributed by atoms with E-state index in [2.05, 4.69) is 17.1 Å². The molecule has 1 aromatic rings. The molecule has 0 aliphatic rings. The predicted molar refractivity (Wildman–Crippen MR) is 45.5 cm³/mol. The average Bonchev–Trinajstić information content (AvgIpc) is 2.48. The second-order valence-electron chi connectivity index (χ2n) is 2.94. The largest absolute Gasteiger partial charge is 0.339 e. The van der Waals surface area contributed by atoms with Crippen molar-refractivity contribution in [3.8, 4) is 0 Å². The van der Waals surface area contributed by atoms with Crippen LogP contribution in [0.15, 0.2) is 4.52 Å². The van der Waals surface area contributed by atoms with E-state index in [4.69, 9.17) is 10.3 Å². The van der Waals surface area contributed by atoms with E-state index in [1.54, 1.807) is 0 Å². The van der Waals surface area contributed by atoms with Gasteiger partial charge in [0.15, 0.2) is 5.82 Å². The molecule has 68 valence electrons. The molecule has 4 nitrogen and oxygen atoms in total. The standard InChI is InChI=1S/C8H15N3O/c1-3-4-5-7-10-8(6(2)9)11-12-7/h6H,3-5,9H2,1-2H3. The monoisotopic (exact) mass is 169 g/mol. The minimum atomic E-state index is -0.135. The van der Waals surface area contributed by atoms with Crippen LogP contribution < -0.4 is 5.73 Å². The van der Waals surface area contributed by atoms with Crippen molar-refractivity contribution >= 4 is 0 Å². The van der Waals surface area contributed by atoms with Crippen LogP contribution in [0.3, 0.4) is 0 Å².